The molecule has 3 aromatic rings. The lowest BCUT2D eigenvalue weighted by molar-refractivity contribution is 0.489. The summed E-state index contributed by atoms with van der Waals surface area (Å²) in [7, 11) is 0. The fourth-order valence-corrected chi connectivity index (χ4v) is 2.35. The summed E-state index contributed by atoms with van der Waals surface area (Å²) >= 11 is 1.54. The van der Waals surface area contributed by atoms with Crippen LogP contribution in [0.3, 0.4) is 0 Å². The predicted molar refractivity (Wildman–Crippen MR) is 69.3 cm³/mol. The zero-order valence-corrected chi connectivity index (χ0v) is 10.2. The van der Waals surface area contributed by atoms with E-state index in [1.807, 2.05) is 24.3 Å². The second kappa shape index (κ2) is 4.26. The van der Waals surface area contributed by atoms with Crippen LogP contribution in [0.2, 0.25) is 0 Å². The number of rotatable bonds is 2. The predicted octanol–water partition coefficient (Wildman–Crippen LogP) is 4.29. The molecule has 0 N–H and O–H groups in total. The van der Waals surface area contributed by atoms with Crippen LogP contribution in [0.5, 0.6) is 0 Å². The van der Waals surface area contributed by atoms with Gasteiger partial charge in [-0.1, -0.05) is 29.8 Å². The number of oxazole rings is 1. The van der Waals surface area contributed by atoms with Crippen LogP contribution in [0.4, 0.5) is 0 Å². The summed E-state index contributed by atoms with van der Waals surface area (Å²) in [6.07, 6.45) is 0. The van der Waals surface area contributed by atoms with Gasteiger partial charge in [0.2, 0.25) is 0 Å². The molecule has 0 saturated heterocycles. The highest BCUT2D eigenvalue weighted by molar-refractivity contribution is 7.99. The van der Waals surface area contributed by atoms with Crippen molar-refractivity contribution in [3.05, 3.63) is 54.1 Å². The van der Waals surface area contributed by atoms with Gasteiger partial charge in [-0.25, -0.2) is 4.98 Å². The van der Waals surface area contributed by atoms with Gasteiger partial charge in [-0.15, -0.1) is 0 Å². The Hall–Kier alpha value is -1.74. The molecule has 0 atom stereocenters. The first-order chi connectivity index (χ1) is 8.31. The van der Waals surface area contributed by atoms with Gasteiger partial charge in [0.05, 0.1) is 0 Å². The Labute approximate surface area is 104 Å². The molecule has 1 aromatic heterocycles. The third-order valence-electron chi connectivity index (χ3n) is 2.50. The summed E-state index contributed by atoms with van der Waals surface area (Å²) in [5, 5.41) is 0.690. The second-order valence-corrected chi connectivity index (χ2v) is 4.89. The maximum absolute atomic E-state index is 5.65. The molecule has 17 heavy (non-hydrogen) atoms. The first kappa shape index (κ1) is 10.4. The first-order valence-corrected chi connectivity index (χ1v) is 6.23. The number of fused-ring (bicyclic) bond motifs is 1. The van der Waals surface area contributed by atoms with Crippen LogP contribution in [0.25, 0.3) is 11.1 Å². The smallest absolute Gasteiger partial charge is 0.261 e. The number of hydrogen-bond donors (Lipinski definition) is 0. The van der Waals surface area contributed by atoms with Crippen molar-refractivity contribution < 1.29 is 4.42 Å². The van der Waals surface area contributed by atoms with Crippen molar-refractivity contribution in [1.29, 1.82) is 0 Å². The van der Waals surface area contributed by atoms with Gasteiger partial charge in [-0.2, -0.15) is 0 Å². The van der Waals surface area contributed by atoms with Crippen molar-refractivity contribution in [2.45, 2.75) is 17.0 Å². The molecule has 0 amide bonds. The van der Waals surface area contributed by atoms with E-state index in [2.05, 4.69) is 36.2 Å². The minimum Gasteiger partial charge on any atom is -0.431 e. The number of nitrogens with zero attached hydrogens (tertiary/aromatic N) is 1. The van der Waals surface area contributed by atoms with Crippen molar-refractivity contribution in [3.63, 3.8) is 0 Å². The zero-order chi connectivity index (χ0) is 11.7. The minimum atomic E-state index is 0.690. The first-order valence-electron chi connectivity index (χ1n) is 5.41. The van der Waals surface area contributed by atoms with E-state index >= 15 is 0 Å². The molecular weight excluding hydrogens is 230 g/mol. The standard InChI is InChI=1S/C14H11NOS/c1-10-6-8-11(9-7-10)17-14-15-12-4-2-3-5-13(12)16-14/h2-9H,1H3. The van der Waals surface area contributed by atoms with Gasteiger partial charge in [-0.3, -0.25) is 0 Å². The molecule has 3 heteroatoms. The average molecular weight is 241 g/mol. The average Bonchev–Trinajstić information content (AvgIpc) is 2.74. The number of hydrogen-bond acceptors (Lipinski definition) is 3. The van der Waals surface area contributed by atoms with E-state index in [0.29, 0.717) is 5.22 Å². The van der Waals surface area contributed by atoms with E-state index in [1.54, 1.807) is 11.8 Å². The maximum Gasteiger partial charge on any atom is 0.261 e. The Morgan fingerprint density at radius 1 is 1.00 bits per heavy atom. The van der Waals surface area contributed by atoms with E-state index in [0.717, 1.165) is 16.0 Å². The largest absolute Gasteiger partial charge is 0.431 e. The van der Waals surface area contributed by atoms with E-state index in [4.69, 9.17) is 4.42 Å². The molecule has 2 aromatic carbocycles. The molecule has 0 radical (unpaired) electrons. The Morgan fingerprint density at radius 2 is 1.76 bits per heavy atom. The van der Waals surface area contributed by atoms with Gasteiger partial charge in [0.1, 0.15) is 5.52 Å². The summed E-state index contributed by atoms with van der Waals surface area (Å²) in [4.78, 5) is 5.57. The van der Waals surface area contributed by atoms with Crippen LogP contribution >= 0.6 is 11.8 Å². The normalized spacial score (nSPS) is 10.9. The molecule has 1 heterocycles. The summed E-state index contributed by atoms with van der Waals surface area (Å²) < 4.78 is 5.65. The number of aryl methyl sites for hydroxylation is 1. The summed E-state index contributed by atoms with van der Waals surface area (Å²) in [5.74, 6) is 0. The quantitative estimate of drug-likeness (QED) is 0.669. The molecule has 84 valence electrons. The third kappa shape index (κ3) is 2.19. The van der Waals surface area contributed by atoms with Crippen LogP contribution in [0.1, 0.15) is 5.56 Å². The highest BCUT2D eigenvalue weighted by Crippen LogP contribution is 2.29. The highest BCUT2D eigenvalue weighted by Gasteiger charge is 2.06. The van der Waals surface area contributed by atoms with E-state index in [9.17, 15) is 0 Å². The van der Waals surface area contributed by atoms with Crippen molar-refractivity contribution >= 4 is 22.9 Å². The topological polar surface area (TPSA) is 26.0 Å². The molecule has 0 aliphatic carbocycles. The lowest BCUT2D eigenvalue weighted by atomic mass is 10.2. The van der Waals surface area contributed by atoms with Crippen LogP contribution in [0, 0.1) is 6.92 Å². The van der Waals surface area contributed by atoms with Crippen LogP contribution in [-0.2, 0) is 0 Å². The molecule has 0 bridgehead atoms. The van der Waals surface area contributed by atoms with Gasteiger partial charge in [0.25, 0.3) is 5.22 Å². The molecule has 0 aliphatic heterocycles. The highest BCUT2D eigenvalue weighted by atomic mass is 32.2. The van der Waals surface area contributed by atoms with Gasteiger partial charge in [0.15, 0.2) is 5.58 Å². The van der Waals surface area contributed by atoms with Crippen molar-refractivity contribution in [2.75, 3.05) is 0 Å². The molecule has 0 fully saturated rings. The number of benzene rings is 2. The van der Waals surface area contributed by atoms with Gasteiger partial charge < -0.3 is 4.42 Å². The fourth-order valence-electron chi connectivity index (χ4n) is 1.60. The van der Waals surface area contributed by atoms with E-state index < -0.39 is 0 Å². The summed E-state index contributed by atoms with van der Waals surface area (Å²) in [6.45, 7) is 2.08. The Kier molecular flexibility index (Phi) is 2.61. The Balaban J connectivity index is 1.92. The van der Waals surface area contributed by atoms with E-state index in [1.165, 1.54) is 5.56 Å². The molecule has 0 spiro atoms. The maximum atomic E-state index is 5.65. The molecule has 3 rings (SSSR count). The van der Waals surface area contributed by atoms with Crippen molar-refractivity contribution in [3.8, 4) is 0 Å². The van der Waals surface area contributed by atoms with Gasteiger partial charge in [0, 0.05) is 4.90 Å². The van der Waals surface area contributed by atoms with E-state index in [-0.39, 0.29) is 0 Å². The van der Waals surface area contributed by atoms with Crippen molar-refractivity contribution in [2.24, 2.45) is 0 Å². The number of aromatic nitrogens is 1. The van der Waals surface area contributed by atoms with Crippen LogP contribution < -0.4 is 0 Å². The molecule has 0 saturated carbocycles. The second-order valence-electron chi connectivity index (χ2n) is 3.86. The van der Waals surface area contributed by atoms with Gasteiger partial charge in [-0.05, 0) is 43.0 Å². The monoisotopic (exact) mass is 241 g/mol. The molecule has 0 aliphatic rings. The molecular formula is C14H11NOS. The SMILES string of the molecule is Cc1ccc(Sc2nc3ccccc3o2)cc1. The Bertz CT molecular complexity index is 610. The summed E-state index contributed by atoms with van der Waals surface area (Å²) in [6, 6.07) is 16.1. The molecule has 0 unspecified atom stereocenters. The molecule has 2 nitrogen and oxygen atoms in total. The fraction of sp³-hybridized carbons (Fsp3) is 0.0714. The number of para-hydroxylation sites is 2. The third-order valence-corrected chi connectivity index (χ3v) is 3.36. The Morgan fingerprint density at radius 3 is 2.53 bits per heavy atom. The minimum absolute atomic E-state index is 0.690. The van der Waals surface area contributed by atoms with Gasteiger partial charge >= 0.3 is 0 Å². The summed E-state index contributed by atoms with van der Waals surface area (Å²) in [5.41, 5.74) is 3.00. The lowest BCUT2D eigenvalue weighted by Crippen LogP contribution is -1.74. The van der Waals surface area contributed by atoms with Crippen LogP contribution in [0.15, 0.2) is 63.1 Å². The van der Waals surface area contributed by atoms with Crippen LogP contribution in [-0.4, -0.2) is 4.98 Å². The van der Waals surface area contributed by atoms with Crippen molar-refractivity contribution in [1.82, 2.24) is 4.98 Å². The lowest BCUT2D eigenvalue weighted by Gasteiger charge is -1.96. The zero-order valence-electron chi connectivity index (χ0n) is 9.38.